The predicted molar refractivity (Wildman–Crippen MR) is 87.4 cm³/mol. The zero-order chi connectivity index (χ0) is 15.2. The van der Waals surface area contributed by atoms with Crippen LogP contribution in [-0.2, 0) is 4.43 Å². The molecule has 0 radical (unpaired) electrons. The van der Waals surface area contributed by atoms with Crippen molar-refractivity contribution in [2.24, 2.45) is 0 Å². The molecule has 2 nitrogen and oxygen atoms in total. The van der Waals surface area contributed by atoms with Gasteiger partial charge in [-0.25, -0.2) is 13.8 Å². The molecule has 1 aromatic carbocycles. The van der Waals surface area contributed by atoms with Crippen LogP contribution in [0.1, 0.15) is 29.5 Å². The Morgan fingerprint density at radius 1 is 1.10 bits per heavy atom. The molecule has 0 amide bonds. The van der Waals surface area contributed by atoms with Gasteiger partial charge in [-0.15, -0.1) is 0 Å². The van der Waals surface area contributed by atoms with Gasteiger partial charge in [0.25, 0.3) is 6.43 Å². The van der Waals surface area contributed by atoms with E-state index in [1.165, 1.54) is 11.1 Å². The number of hydrogen-bond acceptors (Lipinski definition) is 2. The number of ether oxygens (including phenoxy) is 1. The third-order valence-electron chi connectivity index (χ3n) is 3.25. The molecule has 0 bridgehead atoms. The van der Waals surface area contributed by atoms with Crippen LogP contribution in [0.25, 0.3) is 0 Å². The van der Waals surface area contributed by atoms with E-state index in [-0.39, 0.29) is 11.8 Å². The van der Waals surface area contributed by atoms with Crippen molar-refractivity contribution in [3.05, 3.63) is 59.3 Å². The molecule has 0 N–H and O–H groups in total. The van der Waals surface area contributed by atoms with Crippen LogP contribution in [0.5, 0.6) is 5.88 Å². The normalized spacial score (nSPS) is 12.4. The summed E-state index contributed by atoms with van der Waals surface area (Å²) in [6, 6.07) is 12.0. The van der Waals surface area contributed by atoms with E-state index in [0.717, 1.165) is 9.99 Å². The van der Waals surface area contributed by atoms with Gasteiger partial charge < -0.3 is 4.74 Å². The third-order valence-corrected chi connectivity index (χ3v) is 4.13. The lowest BCUT2D eigenvalue weighted by Crippen LogP contribution is -2.08. The van der Waals surface area contributed by atoms with E-state index in [0.29, 0.717) is 0 Å². The lowest BCUT2D eigenvalue weighted by molar-refractivity contribution is 0.0796. The number of hydrogen-bond donors (Lipinski definition) is 0. The van der Waals surface area contributed by atoms with Gasteiger partial charge in [0.2, 0.25) is 5.88 Å². The molecular formula is C16H16F2INO. The summed E-state index contributed by atoms with van der Waals surface area (Å²) in [4.78, 5) is 4.07. The highest BCUT2D eigenvalue weighted by molar-refractivity contribution is 14.1. The number of alkyl halides is 3. The zero-order valence-corrected chi connectivity index (χ0v) is 13.8. The minimum absolute atomic E-state index is 0.199. The summed E-state index contributed by atoms with van der Waals surface area (Å²) >= 11 is 2.33. The lowest BCUT2D eigenvalue weighted by Gasteiger charge is -2.13. The molecule has 5 heteroatoms. The molecule has 0 saturated carbocycles. The van der Waals surface area contributed by atoms with Crippen LogP contribution in [0.4, 0.5) is 8.78 Å². The van der Waals surface area contributed by atoms with Gasteiger partial charge in [0.05, 0.1) is 0 Å². The fraction of sp³-hybridized carbons (Fsp3) is 0.312. The molecule has 0 saturated heterocycles. The Morgan fingerprint density at radius 3 is 2.29 bits per heavy atom. The maximum absolute atomic E-state index is 12.1. The standard InChI is InChI=1S/C16H16F2INO/c1-11(13-4-2-12(8-19)3-5-13)14-6-7-16(20-9-14)21-10-15(17)18/h2-7,9,11,15H,8,10H2,1H3. The summed E-state index contributed by atoms with van der Waals surface area (Å²) in [5, 5.41) is 0. The number of halogens is 3. The van der Waals surface area contributed by atoms with Crippen LogP contribution in [0.15, 0.2) is 42.6 Å². The average molecular weight is 403 g/mol. The van der Waals surface area contributed by atoms with E-state index in [1.54, 1.807) is 12.3 Å². The van der Waals surface area contributed by atoms with Crippen LogP contribution >= 0.6 is 22.6 Å². The van der Waals surface area contributed by atoms with Crippen molar-refractivity contribution in [1.82, 2.24) is 4.98 Å². The Balaban J connectivity index is 2.06. The van der Waals surface area contributed by atoms with Crippen molar-refractivity contribution < 1.29 is 13.5 Å². The Labute approximate surface area is 136 Å². The quantitative estimate of drug-likeness (QED) is 0.510. The van der Waals surface area contributed by atoms with Gasteiger partial charge in [-0.2, -0.15) is 0 Å². The fourth-order valence-corrected chi connectivity index (χ4v) is 2.48. The molecule has 1 heterocycles. The molecule has 0 fully saturated rings. The first-order valence-electron chi connectivity index (χ1n) is 6.62. The fourth-order valence-electron chi connectivity index (χ4n) is 1.97. The smallest absolute Gasteiger partial charge is 0.272 e. The van der Waals surface area contributed by atoms with Crippen molar-refractivity contribution in [3.8, 4) is 5.88 Å². The summed E-state index contributed by atoms with van der Waals surface area (Å²) in [6.45, 7) is 1.47. The van der Waals surface area contributed by atoms with Gasteiger partial charge >= 0.3 is 0 Å². The van der Waals surface area contributed by atoms with Gasteiger partial charge in [0.15, 0.2) is 6.61 Å². The number of nitrogens with zero attached hydrogens (tertiary/aromatic N) is 1. The van der Waals surface area contributed by atoms with Gasteiger partial charge in [-0.3, -0.25) is 0 Å². The number of benzene rings is 1. The molecule has 0 aliphatic heterocycles. The Morgan fingerprint density at radius 2 is 1.76 bits per heavy atom. The molecule has 1 atom stereocenters. The molecule has 0 aliphatic carbocycles. The largest absolute Gasteiger partial charge is 0.472 e. The van der Waals surface area contributed by atoms with Crippen molar-refractivity contribution >= 4 is 22.6 Å². The summed E-state index contributed by atoms with van der Waals surface area (Å²) < 4.78 is 30.0. The first kappa shape index (κ1) is 16.1. The third kappa shape index (κ3) is 4.62. The van der Waals surface area contributed by atoms with Crippen LogP contribution in [0.3, 0.4) is 0 Å². The maximum Gasteiger partial charge on any atom is 0.272 e. The van der Waals surface area contributed by atoms with Crippen LogP contribution < -0.4 is 4.74 Å². The van der Waals surface area contributed by atoms with Crippen LogP contribution in [0, 0.1) is 0 Å². The highest BCUT2D eigenvalue weighted by Gasteiger charge is 2.10. The van der Waals surface area contributed by atoms with Gasteiger partial charge in [0.1, 0.15) is 0 Å². The molecular weight excluding hydrogens is 387 g/mol. The molecule has 112 valence electrons. The number of pyridine rings is 1. The molecule has 1 aromatic heterocycles. The highest BCUT2D eigenvalue weighted by Crippen LogP contribution is 2.25. The summed E-state index contributed by atoms with van der Waals surface area (Å²) in [5.74, 6) is 0.427. The molecule has 1 unspecified atom stereocenters. The van der Waals surface area contributed by atoms with Gasteiger partial charge in [0, 0.05) is 22.6 Å². The topological polar surface area (TPSA) is 22.1 Å². The van der Waals surface area contributed by atoms with Gasteiger partial charge in [-0.05, 0) is 16.7 Å². The first-order valence-corrected chi connectivity index (χ1v) is 8.14. The summed E-state index contributed by atoms with van der Waals surface area (Å²) in [6.07, 6.45) is -0.806. The second-order valence-corrected chi connectivity index (χ2v) is 5.49. The maximum atomic E-state index is 12.1. The number of rotatable bonds is 6. The van der Waals surface area contributed by atoms with E-state index < -0.39 is 13.0 Å². The van der Waals surface area contributed by atoms with E-state index >= 15 is 0 Å². The van der Waals surface area contributed by atoms with Crippen molar-refractivity contribution in [2.45, 2.75) is 23.7 Å². The first-order chi connectivity index (χ1) is 10.1. The van der Waals surface area contributed by atoms with Gasteiger partial charge in [-0.1, -0.05) is 59.8 Å². The highest BCUT2D eigenvalue weighted by atomic mass is 127. The minimum atomic E-state index is -2.48. The van der Waals surface area contributed by atoms with Crippen molar-refractivity contribution in [2.75, 3.05) is 6.61 Å². The van der Waals surface area contributed by atoms with Crippen molar-refractivity contribution in [1.29, 1.82) is 0 Å². The van der Waals surface area contributed by atoms with E-state index in [2.05, 4.69) is 58.8 Å². The van der Waals surface area contributed by atoms with Crippen molar-refractivity contribution in [3.63, 3.8) is 0 Å². The van der Waals surface area contributed by atoms with Crippen LogP contribution in [0.2, 0.25) is 0 Å². The Hall–Kier alpha value is -1.24. The lowest BCUT2D eigenvalue weighted by atomic mass is 9.94. The monoisotopic (exact) mass is 403 g/mol. The predicted octanol–water partition coefficient (Wildman–Crippen LogP) is 4.81. The molecule has 21 heavy (non-hydrogen) atoms. The Bertz CT molecular complexity index is 557. The average Bonchev–Trinajstić information content (AvgIpc) is 2.53. The second-order valence-electron chi connectivity index (χ2n) is 4.73. The van der Waals surface area contributed by atoms with E-state index in [1.807, 2.05) is 6.07 Å². The summed E-state index contributed by atoms with van der Waals surface area (Å²) in [7, 11) is 0. The summed E-state index contributed by atoms with van der Waals surface area (Å²) in [5.41, 5.74) is 3.52. The van der Waals surface area contributed by atoms with E-state index in [4.69, 9.17) is 4.74 Å². The van der Waals surface area contributed by atoms with Crippen LogP contribution in [-0.4, -0.2) is 18.0 Å². The Kier molecular flexibility index (Phi) is 5.90. The molecule has 0 spiro atoms. The second kappa shape index (κ2) is 7.68. The molecule has 2 rings (SSSR count). The number of aromatic nitrogens is 1. The molecule has 0 aliphatic rings. The van der Waals surface area contributed by atoms with E-state index in [9.17, 15) is 8.78 Å². The molecule has 2 aromatic rings. The zero-order valence-electron chi connectivity index (χ0n) is 11.6. The minimum Gasteiger partial charge on any atom is -0.472 e. The SMILES string of the molecule is CC(c1ccc(CI)cc1)c1ccc(OCC(F)F)nc1.